The van der Waals surface area contributed by atoms with Crippen LogP contribution in [0.25, 0.3) is 0 Å². The maximum Gasteiger partial charge on any atom is 0.215 e. The molecule has 3 nitrogen and oxygen atoms in total. The maximum absolute atomic E-state index is 5.28. The third-order valence-electron chi connectivity index (χ3n) is 5.62. The van der Waals surface area contributed by atoms with Crippen LogP contribution >= 0.6 is 12.2 Å². The molecule has 0 saturated heterocycles. The monoisotopic (exact) mass is 263 g/mol. The molecule has 18 heavy (non-hydrogen) atoms. The predicted octanol–water partition coefficient (Wildman–Crippen LogP) is 3.34. The Kier molecular flexibility index (Phi) is 2.04. The highest BCUT2D eigenvalue weighted by atomic mass is 32.1. The van der Waals surface area contributed by atoms with Crippen LogP contribution < -0.4 is 0 Å². The third kappa shape index (κ3) is 1.41. The molecule has 0 aliphatic heterocycles. The molecular weight excluding hydrogens is 242 g/mol. The minimum atomic E-state index is 0.313. The average Bonchev–Trinajstić information content (AvgIpc) is 2.56. The van der Waals surface area contributed by atoms with Gasteiger partial charge in [-0.1, -0.05) is 6.92 Å². The predicted molar refractivity (Wildman–Crippen MR) is 72.9 cm³/mol. The minimum Gasteiger partial charge on any atom is -0.283 e. The van der Waals surface area contributed by atoms with Gasteiger partial charge in [0.05, 0.1) is 0 Å². The highest BCUT2D eigenvalue weighted by Crippen LogP contribution is 2.65. The van der Waals surface area contributed by atoms with Gasteiger partial charge in [0.1, 0.15) is 5.82 Å². The van der Waals surface area contributed by atoms with Gasteiger partial charge >= 0.3 is 0 Å². The second kappa shape index (κ2) is 3.27. The molecular formula is C14H21N3S. The van der Waals surface area contributed by atoms with Gasteiger partial charge in [0.25, 0.3) is 0 Å². The quantitative estimate of drug-likeness (QED) is 0.788. The molecule has 0 amide bonds. The summed E-state index contributed by atoms with van der Waals surface area (Å²) in [5.41, 5.74) is 0.880. The van der Waals surface area contributed by atoms with Crippen LogP contribution in [0.1, 0.15) is 51.3 Å². The van der Waals surface area contributed by atoms with Crippen molar-refractivity contribution in [1.29, 1.82) is 0 Å². The van der Waals surface area contributed by atoms with Gasteiger partial charge in [-0.2, -0.15) is 0 Å². The van der Waals surface area contributed by atoms with E-state index in [1.165, 1.54) is 44.3 Å². The van der Waals surface area contributed by atoms with Gasteiger partial charge in [-0.25, -0.2) is 4.98 Å². The van der Waals surface area contributed by atoms with Gasteiger partial charge in [0.15, 0.2) is 0 Å². The molecule has 1 aromatic heterocycles. The molecule has 0 radical (unpaired) electrons. The molecule has 2 atom stereocenters. The molecule has 0 aromatic carbocycles. The van der Waals surface area contributed by atoms with Crippen molar-refractivity contribution in [3.63, 3.8) is 0 Å². The van der Waals surface area contributed by atoms with E-state index in [-0.39, 0.29) is 0 Å². The van der Waals surface area contributed by atoms with E-state index in [9.17, 15) is 0 Å². The molecule has 1 heterocycles. The lowest BCUT2D eigenvalue weighted by Crippen LogP contribution is -2.53. The van der Waals surface area contributed by atoms with Crippen molar-refractivity contribution in [2.45, 2.75) is 50.9 Å². The first-order valence-electron chi connectivity index (χ1n) is 7.12. The van der Waals surface area contributed by atoms with E-state index in [0.29, 0.717) is 15.6 Å². The number of hydrogen-bond donors (Lipinski definition) is 1. The summed E-state index contributed by atoms with van der Waals surface area (Å²) in [6.45, 7) is 2.50. The van der Waals surface area contributed by atoms with Gasteiger partial charge < -0.3 is 0 Å². The van der Waals surface area contributed by atoms with E-state index in [1.54, 1.807) is 0 Å². The van der Waals surface area contributed by atoms with Gasteiger partial charge in [-0.3, -0.25) is 9.78 Å². The minimum absolute atomic E-state index is 0.313. The van der Waals surface area contributed by atoms with Gasteiger partial charge in [0.2, 0.25) is 4.77 Å². The molecule has 4 aliphatic rings. The summed E-state index contributed by atoms with van der Waals surface area (Å²) in [6, 6.07) is 0. The Morgan fingerprint density at radius 2 is 1.94 bits per heavy atom. The lowest BCUT2D eigenvalue weighted by molar-refractivity contribution is -0.0648. The smallest absolute Gasteiger partial charge is 0.215 e. The second-order valence-corrected chi connectivity index (χ2v) is 7.83. The van der Waals surface area contributed by atoms with E-state index < -0.39 is 0 Å². The van der Waals surface area contributed by atoms with Crippen molar-refractivity contribution in [3.8, 4) is 0 Å². The molecule has 4 saturated carbocycles. The summed E-state index contributed by atoms with van der Waals surface area (Å²) in [4.78, 5) is 4.65. The Bertz CT molecular complexity index is 542. The van der Waals surface area contributed by atoms with Crippen molar-refractivity contribution in [2.24, 2.45) is 24.3 Å². The van der Waals surface area contributed by atoms with Crippen molar-refractivity contribution in [1.82, 2.24) is 14.8 Å². The molecule has 4 heteroatoms. The third-order valence-corrected chi connectivity index (χ3v) is 5.99. The number of nitrogens with zero attached hydrogens (tertiary/aromatic N) is 2. The number of rotatable bonds is 1. The molecule has 1 N–H and O–H groups in total. The normalized spacial score (nSPS) is 45.7. The fourth-order valence-corrected chi connectivity index (χ4v) is 5.77. The fraction of sp³-hybridized carbons (Fsp3) is 0.857. The van der Waals surface area contributed by atoms with E-state index in [2.05, 4.69) is 17.0 Å². The van der Waals surface area contributed by atoms with E-state index in [1.807, 2.05) is 11.7 Å². The SMILES string of the molecule is Cn1[nH]c(C23CC4CC(CC(C)(C4)C2)C3)nc1=S. The summed E-state index contributed by atoms with van der Waals surface area (Å²) in [7, 11) is 1.97. The molecule has 4 bridgehead atoms. The molecule has 0 spiro atoms. The van der Waals surface area contributed by atoms with Crippen molar-refractivity contribution < 1.29 is 0 Å². The summed E-state index contributed by atoms with van der Waals surface area (Å²) < 4.78 is 2.59. The summed E-state index contributed by atoms with van der Waals surface area (Å²) in [5.74, 6) is 3.04. The lowest BCUT2D eigenvalue weighted by atomic mass is 9.44. The maximum atomic E-state index is 5.28. The molecule has 5 rings (SSSR count). The van der Waals surface area contributed by atoms with Crippen LogP contribution in [0, 0.1) is 22.0 Å². The summed E-state index contributed by atoms with van der Waals surface area (Å²) in [6.07, 6.45) is 8.33. The lowest BCUT2D eigenvalue weighted by Gasteiger charge is -2.60. The first-order chi connectivity index (χ1) is 8.48. The Morgan fingerprint density at radius 3 is 2.44 bits per heavy atom. The van der Waals surface area contributed by atoms with Gasteiger partial charge in [-0.15, -0.1) is 0 Å². The number of aromatic nitrogens is 3. The Labute approximate surface area is 113 Å². The number of aromatic amines is 1. The Hall–Kier alpha value is -0.640. The topological polar surface area (TPSA) is 33.6 Å². The zero-order chi connectivity index (χ0) is 12.5. The van der Waals surface area contributed by atoms with Crippen LogP contribution in [-0.2, 0) is 12.5 Å². The van der Waals surface area contributed by atoms with Gasteiger partial charge in [0, 0.05) is 12.5 Å². The largest absolute Gasteiger partial charge is 0.283 e. The molecule has 2 unspecified atom stereocenters. The Balaban J connectivity index is 1.81. The number of aryl methyl sites for hydroxylation is 1. The molecule has 98 valence electrons. The van der Waals surface area contributed by atoms with Crippen LogP contribution in [0.3, 0.4) is 0 Å². The van der Waals surface area contributed by atoms with Crippen LogP contribution in [-0.4, -0.2) is 14.8 Å². The molecule has 1 aromatic rings. The van der Waals surface area contributed by atoms with E-state index in [4.69, 9.17) is 12.2 Å². The van der Waals surface area contributed by atoms with E-state index >= 15 is 0 Å². The van der Waals surface area contributed by atoms with Crippen molar-refractivity contribution in [3.05, 3.63) is 10.6 Å². The number of nitrogens with one attached hydrogen (secondary N) is 1. The van der Waals surface area contributed by atoms with Crippen molar-refractivity contribution in [2.75, 3.05) is 0 Å². The van der Waals surface area contributed by atoms with Crippen molar-refractivity contribution >= 4 is 12.2 Å². The fourth-order valence-electron chi connectivity index (χ4n) is 5.64. The first-order valence-corrected chi connectivity index (χ1v) is 7.52. The van der Waals surface area contributed by atoms with E-state index in [0.717, 1.165) is 11.8 Å². The zero-order valence-corrected chi connectivity index (χ0v) is 12.0. The Morgan fingerprint density at radius 1 is 1.28 bits per heavy atom. The first kappa shape index (κ1) is 11.2. The molecule has 4 fully saturated rings. The summed E-state index contributed by atoms with van der Waals surface area (Å²) >= 11 is 5.28. The summed E-state index contributed by atoms with van der Waals surface area (Å²) in [5, 5.41) is 3.42. The van der Waals surface area contributed by atoms with Crippen LogP contribution in [0.5, 0.6) is 0 Å². The standard InChI is InChI=1S/C14H21N3S/c1-13-4-9-3-10(5-13)7-14(6-9,8-13)11-15-12(18)17(2)16-11/h9-10H,3-8H2,1-2H3,(H,15,16,18). The highest BCUT2D eigenvalue weighted by Gasteiger charge is 2.57. The second-order valence-electron chi connectivity index (χ2n) is 7.47. The van der Waals surface area contributed by atoms with Crippen LogP contribution in [0.15, 0.2) is 0 Å². The zero-order valence-electron chi connectivity index (χ0n) is 11.2. The number of H-pyrrole nitrogens is 1. The van der Waals surface area contributed by atoms with Gasteiger partial charge in [-0.05, 0) is 68.0 Å². The number of hydrogen-bond acceptors (Lipinski definition) is 2. The average molecular weight is 263 g/mol. The highest BCUT2D eigenvalue weighted by molar-refractivity contribution is 7.71. The van der Waals surface area contributed by atoms with Crippen LogP contribution in [0.4, 0.5) is 0 Å². The molecule has 4 aliphatic carbocycles. The van der Waals surface area contributed by atoms with Crippen LogP contribution in [0.2, 0.25) is 0 Å².